The number of aryl methyl sites for hydroxylation is 1. The Balaban J connectivity index is 2.39. The molecule has 100 valence electrons. The maximum atomic E-state index is 6.07. The minimum atomic E-state index is 0.432. The highest BCUT2D eigenvalue weighted by Crippen LogP contribution is 2.34. The molecule has 3 heteroatoms. The number of hydrogen-bond acceptors (Lipinski definition) is 2. The molecule has 0 unspecified atom stereocenters. The molecule has 2 aromatic carbocycles. The lowest BCUT2D eigenvalue weighted by Crippen LogP contribution is -1.96. The molecule has 0 atom stereocenters. The van der Waals surface area contributed by atoms with Gasteiger partial charge in [-0.15, -0.1) is 0 Å². The molecule has 19 heavy (non-hydrogen) atoms. The molecule has 0 amide bonds. The van der Waals surface area contributed by atoms with E-state index in [2.05, 4.69) is 61.6 Å². The molecule has 2 aromatic rings. The third-order valence-corrected chi connectivity index (χ3v) is 3.81. The second-order valence-corrected chi connectivity index (χ2v) is 6.15. The van der Waals surface area contributed by atoms with Gasteiger partial charge in [0.15, 0.2) is 0 Å². The van der Waals surface area contributed by atoms with E-state index in [1.54, 1.807) is 0 Å². The first-order chi connectivity index (χ1) is 8.97. The van der Waals surface area contributed by atoms with Crippen LogP contribution in [0.3, 0.4) is 0 Å². The molecular formula is C16H18INO. The Morgan fingerprint density at radius 1 is 1.05 bits per heavy atom. The maximum Gasteiger partial charge on any atom is 0.140 e. The highest BCUT2D eigenvalue weighted by atomic mass is 127. The van der Waals surface area contributed by atoms with Crippen LogP contribution in [-0.2, 0) is 0 Å². The Morgan fingerprint density at radius 2 is 1.79 bits per heavy atom. The van der Waals surface area contributed by atoms with Crippen LogP contribution in [0, 0.1) is 10.5 Å². The van der Waals surface area contributed by atoms with Gasteiger partial charge in [0.1, 0.15) is 11.5 Å². The van der Waals surface area contributed by atoms with Crippen molar-refractivity contribution in [2.24, 2.45) is 0 Å². The van der Waals surface area contributed by atoms with Crippen molar-refractivity contribution >= 4 is 28.3 Å². The van der Waals surface area contributed by atoms with E-state index in [1.165, 1.54) is 11.1 Å². The molecule has 0 spiro atoms. The summed E-state index contributed by atoms with van der Waals surface area (Å²) in [7, 11) is 0. The largest absolute Gasteiger partial charge is 0.456 e. The fourth-order valence-electron chi connectivity index (χ4n) is 1.93. The van der Waals surface area contributed by atoms with E-state index in [0.29, 0.717) is 5.92 Å². The van der Waals surface area contributed by atoms with Crippen LogP contribution in [0.1, 0.15) is 30.9 Å². The van der Waals surface area contributed by atoms with Crippen LogP contribution in [0.2, 0.25) is 0 Å². The third kappa shape index (κ3) is 3.41. The fourth-order valence-corrected chi connectivity index (χ4v) is 2.57. The minimum Gasteiger partial charge on any atom is -0.456 e. The Labute approximate surface area is 128 Å². The summed E-state index contributed by atoms with van der Waals surface area (Å²) >= 11 is 2.25. The Hall–Kier alpha value is -1.23. The average molecular weight is 367 g/mol. The van der Waals surface area contributed by atoms with Crippen LogP contribution >= 0.6 is 22.6 Å². The molecule has 0 aromatic heterocycles. The minimum absolute atomic E-state index is 0.432. The van der Waals surface area contributed by atoms with Crippen molar-refractivity contribution in [3.05, 3.63) is 51.1 Å². The second-order valence-electron chi connectivity index (χ2n) is 4.99. The average Bonchev–Trinajstić information content (AvgIpc) is 2.32. The van der Waals surface area contributed by atoms with Crippen molar-refractivity contribution in [3.63, 3.8) is 0 Å². The summed E-state index contributed by atoms with van der Waals surface area (Å²) in [6.07, 6.45) is 0. The molecule has 0 saturated carbocycles. The van der Waals surface area contributed by atoms with Gasteiger partial charge in [0.25, 0.3) is 0 Å². The van der Waals surface area contributed by atoms with E-state index in [0.717, 1.165) is 20.8 Å². The van der Waals surface area contributed by atoms with Gasteiger partial charge in [0.2, 0.25) is 0 Å². The first-order valence-electron chi connectivity index (χ1n) is 6.31. The van der Waals surface area contributed by atoms with Gasteiger partial charge >= 0.3 is 0 Å². The molecule has 0 saturated heterocycles. The van der Waals surface area contributed by atoms with E-state index in [9.17, 15) is 0 Å². The zero-order valence-corrected chi connectivity index (χ0v) is 13.6. The first kappa shape index (κ1) is 14.2. The van der Waals surface area contributed by atoms with Crippen molar-refractivity contribution in [1.29, 1.82) is 0 Å². The fraction of sp³-hybridized carbons (Fsp3) is 0.250. The Bertz CT molecular complexity index is 593. The van der Waals surface area contributed by atoms with E-state index < -0.39 is 0 Å². The van der Waals surface area contributed by atoms with Crippen molar-refractivity contribution in [2.75, 3.05) is 5.73 Å². The van der Waals surface area contributed by atoms with E-state index in [1.807, 2.05) is 18.2 Å². The van der Waals surface area contributed by atoms with Gasteiger partial charge in [-0.05, 0) is 70.8 Å². The molecule has 2 rings (SSSR count). The number of halogens is 1. The zero-order valence-electron chi connectivity index (χ0n) is 11.4. The lowest BCUT2D eigenvalue weighted by molar-refractivity contribution is 0.469. The van der Waals surface area contributed by atoms with Gasteiger partial charge in [-0.25, -0.2) is 0 Å². The molecule has 2 N–H and O–H groups in total. The van der Waals surface area contributed by atoms with Crippen LogP contribution in [0.15, 0.2) is 36.4 Å². The summed E-state index contributed by atoms with van der Waals surface area (Å²) in [5.41, 5.74) is 8.94. The highest BCUT2D eigenvalue weighted by Gasteiger charge is 2.10. The first-order valence-corrected chi connectivity index (χ1v) is 7.38. The zero-order chi connectivity index (χ0) is 14.0. The van der Waals surface area contributed by atoms with Crippen molar-refractivity contribution in [1.82, 2.24) is 0 Å². The molecule has 0 bridgehead atoms. The Morgan fingerprint density at radius 3 is 2.42 bits per heavy atom. The standard InChI is InChI=1S/C16H18INO/c1-10(2)13-6-4-11(3)8-16(13)19-15-7-5-12(18)9-14(15)17/h4-10H,18H2,1-3H3. The summed E-state index contributed by atoms with van der Waals surface area (Å²) in [4.78, 5) is 0. The van der Waals surface area contributed by atoms with Crippen LogP contribution in [0.25, 0.3) is 0 Å². The number of ether oxygens (including phenoxy) is 1. The summed E-state index contributed by atoms with van der Waals surface area (Å²) in [5.74, 6) is 2.21. The molecule has 0 aliphatic heterocycles. The molecule has 0 heterocycles. The second kappa shape index (κ2) is 5.82. The van der Waals surface area contributed by atoms with Crippen LogP contribution in [0.4, 0.5) is 5.69 Å². The normalized spacial score (nSPS) is 10.8. The number of rotatable bonds is 3. The van der Waals surface area contributed by atoms with Crippen molar-refractivity contribution in [2.45, 2.75) is 26.7 Å². The van der Waals surface area contributed by atoms with Gasteiger partial charge < -0.3 is 10.5 Å². The highest BCUT2D eigenvalue weighted by molar-refractivity contribution is 14.1. The SMILES string of the molecule is Cc1ccc(C(C)C)c(Oc2ccc(N)cc2I)c1. The number of hydrogen-bond donors (Lipinski definition) is 1. The van der Waals surface area contributed by atoms with Gasteiger partial charge in [-0.3, -0.25) is 0 Å². The maximum absolute atomic E-state index is 6.07. The topological polar surface area (TPSA) is 35.2 Å². The molecule has 0 aliphatic carbocycles. The van der Waals surface area contributed by atoms with Gasteiger partial charge in [-0.1, -0.05) is 26.0 Å². The monoisotopic (exact) mass is 367 g/mol. The summed E-state index contributed by atoms with van der Waals surface area (Å²) in [6, 6.07) is 12.0. The number of anilines is 1. The van der Waals surface area contributed by atoms with Crippen LogP contribution in [0.5, 0.6) is 11.5 Å². The number of nitrogen functional groups attached to an aromatic ring is 1. The Kier molecular flexibility index (Phi) is 4.34. The third-order valence-electron chi connectivity index (χ3n) is 2.97. The molecular weight excluding hydrogens is 349 g/mol. The molecule has 0 fully saturated rings. The van der Waals surface area contributed by atoms with Crippen LogP contribution < -0.4 is 10.5 Å². The summed E-state index contributed by atoms with van der Waals surface area (Å²) in [5, 5.41) is 0. The van der Waals surface area contributed by atoms with Gasteiger partial charge in [0.05, 0.1) is 3.57 Å². The molecule has 0 aliphatic rings. The van der Waals surface area contributed by atoms with Crippen LogP contribution in [-0.4, -0.2) is 0 Å². The summed E-state index contributed by atoms with van der Waals surface area (Å²) in [6.45, 7) is 6.42. The number of benzene rings is 2. The smallest absolute Gasteiger partial charge is 0.140 e. The van der Waals surface area contributed by atoms with E-state index in [-0.39, 0.29) is 0 Å². The quantitative estimate of drug-likeness (QED) is 0.605. The predicted molar refractivity (Wildman–Crippen MR) is 88.9 cm³/mol. The van der Waals surface area contributed by atoms with Crippen molar-refractivity contribution < 1.29 is 4.74 Å². The predicted octanol–water partition coefficient (Wildman–Crippen LogP) is 5.10. The summed E-state index contributed by atoms with van der Waals surface area (Å²) < 4.78 is 7.10. The van der Waals surface area contributed by atoms with E-state index >= 15 is 0 Å². The van der Waals surface area contributed by atoms with Gasteiger partial charge in [0, 0.05) is 5.69 Å². The van der Waals surface area contributed by atoms with E-state index in [4.69, 9.17) is 10.5 Å². The van der Waals surface area contributed by atoms with Gasteiger partial charge in [-0.2, -0.15) is 0 Å². The molecule has 2 nitrogen and oxygen atoms in total. The lowest BCUT2D eigenvalue weighted by atomic mass is 10.0. The van der Waals surface area contributed by atoms with Crippen molar-refractivity contribution in [3.8, 4) is 11.5 Å². The molecule has 0 radical (unpaired) electrons. The number of nitrogens with two attached hydrogens (primary N) is 1. The lowest BCUT2D eigenvalue weighted by Gasteiger charge is -2.15.